The van der Waals surface area contributed by atoms with E-state index in [1.165, 1.54) is 4.90 Å². The Morgan fingerprint density at radius 3 is 2.50 bits per heavy atom. The van der Waals surface area contributed by atoms with Gasteiger partial charge in [-0.15, -0.1) is 5.10 Å². The van der Waals surface area contributed by atoms with Crippen molar-refractivity contribution in [2.75, 3.05) is 32.9 Å². The van der Waals surface area contributed by atoms with E-state index in [1.807, 2.05) is 52.6 Å². The zero-order valence-electron chi connectivity index (χ0n) is 15.9. The van der Waals surface area contributed by atoms with Crippen LogP contribution in [0.15, 0.2) is 48.8 Å². The van der Waals surface area contributed by atoms with Crippen LogP contribution in [0.1, 0.15) is 6.92 Å². The molecule has 28 heavy (non-hydrogen) atoms. The number of ether oxygens (including phenoxy) is 2. The van der Waals surface area contributed by atoms with Crippen LogP contribution in [-0.2, 0) is 11.4 Å². The summed E-state index contributed by atoms with van der Waals surface area (Å²) in [6.07, 6.45) is 3.54. The minimum atomic E-state index is 0.640. The summed E-state index contributed by atoms with van der Waals surface area (Å²) in [5.41, 5.74) is 1.94. The summed E-state index contributed by atoms with van der Waals surface area (Å²) in [5, 5.41) is 4.86. The number of rotatable bonds is 6. The molecular formula is C20H24N5O2S+. The standard InChI is InChI=1S/C20H23N5O2S/c1-2-27-18-5-3-17(4-6-18)25-19(16-7-9-21-10-8-16)22-24(20(25)28)15-23-11-13-26-14-12-23/h3-10H,2,11-15H2,1H3/p+1. The molecule has 1 saturated heterocycles. The quantitative estimate of drug-likeness (QED) is 0.641. The van der Waals surface area contributed by atoms with E-state index in [2.05, 4.69) is 4.98 Å². The van der Waals surface area contributed by atoms with E-state index in [9.17, 15) is 0 Å². The molecule has 0 spiro atoms. The van der Waals surface area contributed by atoms with E-state index >= 15 is 0 Å². The minimum Gasteiger partial charge on any atom is -0.494 e. The van der Waals surface area contributed by atoms with E-state index in [0.717, 1.165) is 55.8 Å². The van der Waals surface area contributed by atoms with Crippen molar-refractivity contribution in [2.45, 2.75) is 13.6 Å². The molecule has 8 heteroatoms. The SMILES string of the molecule is CCOc1ccc(-n2c(-c3ccncc3)nn(C[NH+]3CCOCC3)c2=S)cc1. The first-order valence-electron chi connectivity index (χ1n) is 9.51. The molecule has 2 aromatic heterocycles. The predicted molar refractivity (Wildman–Crippen MR) is 108 cm³/mol. The average molecular weight is 399 g/mol. The Labute approximate surface area is 169 Å². The molecule has 7 nitrogen and oxygen atoms in total. The summed E-state index contributed by atoms with van der Waals surface area (Å²) < 4.78 is 15.6. The lowest BCUT2D eigenvalue weighted by Crippen LogP contribution is -3.13. The van der Waals surface area contributed by atoms with Crippen molar-refractivity contribution in [1.29, 1.82) is 0 Å². The van der Waals surface area contributed by atoms with Crippen molar-refractivity contribution in [1.82, 2.24) is 19.3 Å². The van der Waals surface area contributed by atoms with Crippen molar-refractivity contribution in [3.8, 4) is 22.8 Å². The molecule has 0 unspecified atom stereocenters. The van der Waals surface area contributed by atoms with Gasteiger partial charge in [-0.3, -0.25) is 9.55 Å². The Balaban J connectivity index is 1.75. The van der Waals surface area contributed by atoms with E-state index in [0.29, 0.717) is 11.4 Å². The molecule has 0 amide bonds. The second-order valence-electron chi connectivity index (χ2n) is 6.62. The second kappa shape index (κ2) is 8.64. The molecule has 146 valence electrons. The second-order valence-corrected chi connectivity index (χ2v) is 6.99. The molecule has 1 aliphatic rings. The molecule has 0 radical (unpaired) electrons. The van der Waals surface area contributed by atoms with Crippen LogP contribution in [0.5, 0.6) is 5.75 Å². The highest BCUT2D eigenvalue weighted by molar-refractivity contribution is 7.71. The highest BCUT2D eigenvalue weighted by Crippen LogP contribution is 2.23. The van der Waals surface area contributed by atoms with Crippen LogP contribution in [0, 0.1) is 4.77 Å². The van der Waals surface area contributed by atoms with Crippen molar-refractivity contribution in [3.05, 3.63) is 53.6 Å². The van der Waals surface area contributed by atoms with Crippen LogP contribution in [0.25, 0.3) is 17.1 Å². The van der Waals surface area contributed by atoms with Gasteiger partial charge in [-0.1, -0.05) is 0 Å². The third-order valence-electron chi connectivity index (χ3n) is 4.76. The van der Waals surface area contributed by atoms with E-state index in [4.69, 9.17) is 26.8 Å². The summed E-state index contributed by atoms with van der Waals surface area (Å²) in [4.78, 5) is 5.54. The molecule has 3 aromatic rings. The van der Waals surface area contributed by atoms with Gasteiger partial charge in [0.15, 0.2) is 12.5 Å². The average Bonchev–Trinajstić information content (AvgIpc) is 3.06. The zero-order valence-corrected chi connectivity index (χ0v) is 16.7. The lowest BCUT2D eigenvalue weighted by atomic mass is 10.2. The van der Waals surface area contributed by atoms with Gasteiger partial charge in [0.2, 0.25) is 4.77 Å². The van der Waals surface area contributed by atoms with Crippen LogP contribution >= 0.6 is 12.2 Å². The number of quaternary nitrogens is 1. The third kappa shape index (κ3) is 3.99. The van der Waals surface area contributed by atoms with Gasteiger partial charge in [-0.05, 0) is 55.5 Å². The fourth-order valence-corrected chi connectivity index (χ4v) is 3.62. The topological polar surface area (TPSA) is 58.5 Å². The third-order valence-corrected chi connectivity index (χ3v) is 5.15. The highest BCUT2D eigenvalue weighted by atomic mass is 32.1. The van der Waals surface area contributed by atoms with Gasteiger partial charge < -0.3 is 14.4 Å². The Morgan fingerprint density at radius 1 is 1.11 bits per heavy atom. The molecule has 0 saturated carbocycles. The molecule has 1 aromatic carbocycles. The number of pyridine rings is 1. The maximum absolute atomic E-state index is 5.82. The summed E-state index contributed by atoms with van der Waals surface area (Å²) in [6, 6.07) is 11.9. The van der Waals surface area contributed by atoms with Crippen molar-refractivity contribution < 1.29 is 14.4 Å². The van der Waals surface area contributed by atoms with E-state index in [-0.39, 0.29) is 0 Å². The summed E-state index contributed by atoms with van der Waals surface area (Å²) in [7, 11) is 0. The van der Waals surface area contributed by atoms with Gasteiger partial charge in [-0.25, -0.2) is 0 Å². The van der Waals surface area contributed by atoms with Crippen LogP contribution in [0.2, 0.25) is 0 Å². The number of nitrogens with zero attached hydrogens (tertiary/aromatic N) is 4. The van der Waals surface area contributed by atoms with Crippen molar-refractivity contribution in [3.63, 3.8) is 0 Å². The number of nitrogens with one attached hydrogen (secondary N) is 1. The Morgan fingerprint density at radius 2 is 1.82 bits per heavy atom. The number of benzene rings is 1. The Bertz CT molecular complexity index is 963. The van der Waals surface area contributed by atoms with Gasteiger partial charge in [-0.2, -0.15) is 4.68 Å². The molecule has 4 rings (SSSR count). The molecule has 3 heterocycles. The summed E-state index contributed by atoms with van der Waals surface area (Å²) in [5.74, 6) is 1.65. The van der Waals surface area contributed by atoms with Crippen LogP contribution in [0.3, 0.4) is 0 Å². The Hall–Kier alpha value is -2.55. The number of aromatic nitrogens is 4. The molecular weight excluding hydrogens is 374 g/mol. The monoisotopic (exact) mass is 398 g/mol. The maximum Gasteiger partial charge on any atom is 0.207 e. The summed E-state index contributed by atoms with van der Waals surface area (Å²) in [6.45, 7) is 6.82. The lowest BCUT2D eigenvalue weighted by Gasteiger charge is -2.23. The molecule has 0 aliphatic carbocycles. The molecule has 1 aliphatic heterocycles. The minimum absolute atomic E-state index is 0.640. The highest BCUT2D eigenvalue weighted by Gasteiger charge is 2.19. The number of hydrogen-bond donors (Lipinski definition) is 1. The summed E-state index contributed by atoms with van der Waals surface area (Å²) >= 11 is 5.82. The van der Waals surface area contributed by atoms with Gasteiger partial charge in [0.05, 0.1) is 25.5 Å². The van der Waals surface area contributed by atoms with Crippen LogP contribution < -0.4 is 9.64 Å². The fourth-order valence-electron chi connectivity index (χ4n) is 3.32. The normalized spacial score (nSPS) is 14.9. The van der Waals surface area contributed by atoms with Crippen molar-refractivity contribution in [2.24, 2.45) is 0 Å². The largest absolute Gasteiger partial charge is 0.494 e. The van der Waals surface area contributed by atoms with Crippen molar-refractivity contribution >= 4 is 12.2 Å². The van der Waals surface area contributed by atoms with Crippen LogP contribution in [0.4, 0.5) is 0 Å². The van der Waals surface area contributed by atoms with E-state index in [1.54, 1.807) is 12.4 Å². The van der Waals surface area contributed by atoms with Gasteiger partial charge in [0.25, 0.3) is 0 Å². The first-order chi connectivity index (χ1) is 13.8. The van der Waals surface area contributed by atoms with Gasteiger partial charge >= 0.3 is 0 Å². The van der Waals surface area contributed by atoms with Gasteiger partial charge in [0, 0.05) is 18.0 Å². The number of hydrogen-bond acceptors (Lipinski definition) is 5. The smallest absolute Gasteiger partial charge is 0.207 e. The molecule has 0 bridgehead atoms. The van der Waals surface area contributed by atoms with Gasteiger partial charge in [0.1, 0.15) is 18.8 Å². The molecule has 1 fully saturated rings. The Kier molecular flexibility index (Phi) is 5.80. The first kappa shape index (κ1) is 18.8. The maximum atomic E-state index is 5.82. The van der Waals surface area contributed by atoms with E-state index < -0.39 is 0 Å². The number of morpholine rings is 1. The van der Waals surface area contributed by atoms with Crippen LogP contribution in [-0.4, -0.2) is 52.2 Å². The first-order valence-corrected chi connectivity index (χ1v) is 9.92. The molecule has 1 N–H and O–H groups in total. The fraction of sp³-hybridized carbons (Fsp3) is 0.350. The molecule has 0 atom stereocenters. The lowest BCUT2D eigenvalue weighted by molar-refractivity contribution is -0.930. The predicted octanol–water partition coefficient (Wildman–Crippen LogP) is 1.74. The zero-order chi connectivity index (χ0) is 19.3.